The molecule has 0 saturated heterocycles. The van der Waals surface area contributed by atoms with Crippen molar-refractivity contribution in [3.05, 3.63) is 101 Å². The summed E-state index contributed by atoms with van der Waals surface area (Å²) in [6.45, 7) is 2.19. The molecule has 6 nitrogen and oxygen atoms in total. The van der Waals surface area contributed by atoms with E-state index in [1.807, 2.05) is 31.2 Å². The van der Waals surface area contributed by atoms with Crippen molar-refractivity contribution in [2.24, 2.45) is 0 Å². The lowest BCUT2D eigenvalue weighted by molar-refractivity contribution is -0.255. The number of nitrogens with one attached hydrogen (secondary N) is 1. The van der Waals surface area contributed by atoms with Gasteiger partial charge in [-0.3, -0.25) is 4.79 Å². The molecule has 31 heavy (non-hydrogen) atoms. The minimum Gasteiger partial charge on any atom is -0.545 e. The van der Waals surface area contributed by atoms with Crippen LogP contribution in [0.25, 0.3) is 6.08 Å². The van der Waals surface area contributed by atoms with Crippen LogP contribution in [0, 0.1) is 18.3 Å². The van der Waals surface area contributed by atoms with Gasteiger partial charge >= 0.3 is 0 Å². The van der Waals surface area contributed by atoms with Crippen molar-refractivity contribution in [3.63, 3.8) is 0 Å². The van der Waals surface area contributed by atoms with Gasteiger partial charge in [-0.1, -0.05) is 48.5 Å². The van der Waals surface area contributed by atoms with E-state index in [2.05, 4.69) is 5.32 Å². The Kier molecular flexibility index (Phi) is 6.82. The molecule has 0 fully saturated rings. The van der Waals surface area contributed by atoms with Crippen LogP contribution >= 0.6 is 0 Å². The maximum absolute atomic E-state index is 12.4. The number of carboxylic acids is 1. The summed E-state index contributed by atoms with van der Waals surface area (Å²) in [5.74, 6) is -1.10. The van der Waals surface area contributed by atoms with Crippen LogP contribution in [0.5, 0.6) is 5.75 Å². The second kappa shape index (κ2) is 9.90. The summed E-state index contributed by atoms with van der Waals surface area (Å²) in [6, 6.07) is 22.5. The van der Waals surface area contributed by atoms with Crippen molar-refractivity contribution in [1.82, 2.24) is 0 Å². The van der Waals surface area contributed by atoms with E-state index < -0.39 is 11.9 Å². The molecule has 0 unspecified atom stereocenters. The Morgan fingerprint density at radius 2 is 1.77 bits per heavy atom. The molecule has 0 spiro atoms. The van der Waals surface area contributed by atoms with Gasteiger partial charge in [0.1, 0.15) is 24.0 Å². The van der Waals surface area contributed by atoms with Crippen LogP contribution in [0.1, 0.15) is 27.0 Å². The van der Waals surface area contributed by atoms with Gasteiger partial charge < -0.3 is 20.0 Å². The molecule has 0 heterocycles. The van der Waals surface area contributed by atoms with E-state index in [9.17, 15) is 20.0 Å². The quantitative estimate of drug-likeness (QED) is 0.474. The van der Waals surface area contributed by atoms with Gasteiger partial charge in [-0.2, -0.15) is 5.26 Å². The van der Waals surface area contributed by atoms with E-state index in [1.54, 1.807) is 42.5 Å². The Morgan fingerprint density at radius 1 is 1.06 bits per heavy atom. The van der Waals surface area contributed by atoms with Crippen LogP contribution < -0.4 is 15.2 Å². The Labute approximate surface area is 180 Å². The SMILES string of the molecule is Cc1cccc(NC(=O)/C(C#N)=C\c2ccc(OCc3ccc(C(=O)[O-])cc3)cc2)c1. The first-order valence-corrected chi connectivity index (χ1v) is 9.47. The van der Waals surface area contributed by atoms with Crippen molar-refractivity contribution in [2.75, 3.05) is 5.32 Å². The molecule has 0 atom stereocenters. The Bertz CT molecular complexity index is 1160. The molecule has 154 valence electrons. The normalized spacial score (nSPS) is 10.8. The predicted octanol–water partition coefficient (Wildman–Crippen LogP) is 3.48. The number of hydrogen-bond acceptors (Lipinski definition) is 5. The minimum atomic E-state index is -1.22. The van der Waals surface area contributed by atoms with Gasteiger partial charge in [0.05, 0.1) is 5.97 Å². The fraction of sp³-hybridized carbons (Fsp3) is 0.0800. The van der Waals surface area contributed by atoms with Crippen LogP contribution in [0.4, 0.5) is 5.69 Å². The number of rotatable bonds is 7. The molecule has 6 heteroatoms. The summed E-state index contributed by atoms with van der Waals surface area (Å²) in [4.78, 5) is 23.2. The number of nitriles is 1. The molecule has 0 radical (unpaired) electrons. The fourth-order valence-electron chi connectivity index (χ4n) is 2.80. The number of nitrogens with zero attached hydrogens (tertiary/aromatic N) is 1. The fourth-order valence-corrected chi connectivity index (χ4v) is 2.80. The maximum atomic E-state index is 12.4. The van der Waals surface area contributed by atoms with Crippen LogP contribution in [0.3, 0.4) is 0 Å². The van der Waals surface area contributed by atoms with Crippen LogP contribution in [0.15, 0.2) is 78.4 Å². The molecular weight excluding hydrogens is 392 g/mol. The summed E-state index contributed by atoms with van der Waals surface area (Å²) in [6.07, 6.45) is 1.51. The van der Waals surface area contributed by atoms with E-state index in [4.69, 9.17) is 4.74 Å². The lowest BCUT2D eigenvalue weighted by Gasteiger charge is -2.08. The molecule has 3 aromatic rings. The number of carboxylic acid groups (broad SMARTS) is 1. The number of benzene rings is 3. The first kappa shape index (κ1) is 21.3. The minimum absolute atomic E-state index is 0.0109. The second-order valence-corrected chi connectivity index (χ2v) is 6.84. The molecular formula is C25H19N2O4-. The Hall–Kier alpha value is -4.37. The van der Waals surface area contributed by atoms with E-state index >= 15 is 0 Å². The van der Waals surface area contributed by atoms with Crippen molar-refractivity contribution in [2.45, 2.75) is 13.5 Å². The molecule has 0 aliphatic rings. The number of ether oxygens (including phenoxy) is 1. The summed E-state index contributed by atoms with van der Waals surface area (Å²) >= 11 is 0. The van der Waals surface area contributed by atoms with Gasteiger partial charge in [-0.25, -0.2) is 0 Å². The number of anilines is 1. The summed E-state index contributed by atoms with van der Waals surface area (Å²) in [5.41, 5.74) is 3.23. The summed E-state index contributed by atoms with van der Waals surface area (Å²) in [5, 5.41) is 22.9. The number of aryl methyl sites for hydroxylation is 1. The van der Waals surface area contributed by atoms with Gasteiger partial charge in [0.15, 0.2) is 0 Å². The second-order valence-electron chi connectivity index (χ2n) is 6.84. The zero-order valence-corrected chi connectivity index (χ0v) is 16.8. The molecule has 0 aliphatic heterocycles. The number of carbonyl (C=O) groups excluding carboxylic acids is 2. The Morgan fingerprint density at radius 3 is 2.39 bits per heavy atom. The molecule has 0 aromatic heterocycles. The van der Waals surface area contributed by atoms with E-state index in [0.29, 0.717) is 17.0 Å². The molecule has 0 saturated carbocycles. The highest BCUT2D eigenvalue weighted by Crippen LogP contribution is 2.17. The third kappa shape index (κ3) is 6.05. The van der Waals surface area contributed by atoms with Crippen LogP contribution in [-0.2, 0) is 11.4 Å². The first-order chi connectivity index (χ1) is 14.9. The molecule has 3 aromatic carbocycles. The van der Waals surface area contributed by atoms with Gasteiger partial charge in [0.2, 0.25) is 0 Å². The highest BCUT2D eigenvalue weighted by molar-refractivity contribution is 6.09. The average molecular weight is 411 g/mol. The standard InChI is InChI=1S/C25H20N2O4/c1-17-3-2-4-22(13-17)27-24(28)21(15-26)14-18-7-11-23(12-8-18)31-16-19-5-9-20(10-6-19)25(29)30/h2-14H,16H2,1H3,(H,27,28)(H,29,30)/p-1/b21-14-. The van der Waals surface area contributed by atoms with Crippen molar-refractivity contribution >= 4 is 23.6 Å². The maximum Gasteiger partial charge on any atom is 0.266 e. The van der Waals surface area contributed by atoms with Crippen molar-refractivity contribution in [3.8, 4) is 11.8 Å². The van der Waals surface area contributed by atoms with Crippen molar-refractivity contribution in [1.29, 1.82) is 5.26 Å². The third-order valence-electron chi connectivity index (χ3n) is 4.43. The lowest BCUT2D eigenvalue weighted by Crippen LogP contribution is -2.22. The number of aromatic carboxylic acids is 1. The molecule has 0 aliphatic carbocycles. The van der Waals surface area contributed by atoms with Crippen LogP contribution in [-0.4, -0.2) is 11.9 Å². The molecule has 3 rings (SSSR count). The Balaban J connectivity index is 1.62. The van der Waals surface area contributed by atoms with E-state index in [-0.39, 0.29) is 17.7 Å². The molecule has 1 amide bonds. The van der Waals surface area contributed by atoms with E-state index in [1.165, 1.54) is 18.2 Å². The highest BCUT2D eigenvalue weighted by Gasteiger charge is 2.09. The summed E-state index contributed by atoms with van der Waals surface area (Å²) in [7, 11) is 0. The zero-order valence-electron chi connectivity index (χ0n) is 16.8. The third-order valence-corrected chi connectivity index (χ3v) is 4.43. The smallest absolute Gasteiger partial charge is 0.266 e. The number of amides is 1. The van der Waals surface area contributed by atoms with E-state index in [0.717, 1.165) is 11.1 Å². The van der Waals surface area contributed by atoms with Crippen LogP contribution in [0.2, 0.25) is 0 Å². The molecule has 0 bridgehead atoms. The largest absolute Gasteiger partial charge is 0.545 e. The average Bonchev–Trinajstić information content (AvgIpc) is 2.77. The summed E-state index contributed by atoms with van der Waals surface area (Å²) < 4.78 is 5.69. The predicted molar refractivity (Wildman–Crippen MR) is 115 cm³/mol. The monoisotopic (exact) mass is 411 g/mol. The highest BCUT2D eigenvalue weighted by atomic mass is 16.5. The van der Waals surface area contributed by atoms with Crippen molar-refractivity contribution < 1.29 is 19.4 Å². The topological polar surface area (TPSA) is 102 Å². The lowest BCUT2D eigenvalue weighted by atomic mass is 10.1. The zero-order chi connectivity index (χ0) is 22.2. The van der Waals surface area contributed by atoms with Gasteiger partial charge in [0.25, 0.3) is 5.91 Å². The molecule has 1 N–H and O–H groups in total. The first-order valence-electron chi connectivity index (χ1n) is 9.47. The van der Waals surface area contributed by atoms with Gasteiger partial charge in [0, 0.05) is 5.69 Å². The van der Waals surface area contributed by atoms with Gasteiger partial charge in [-0.05, 0) is 59.5 Å². The number of hydrogen-bond donors (Lipinski definition) is 1. The number of carbonyl (C=O) groups is 2. The van der Waals surface area contributed by atoms with Gasteiger partial charge in [-0.15, -0.1) is 0 Å².